The van der Waals surface area contributed by atoms with Crippen LogP contribution < -0.4 is 4.74 Å². The Bertz CT molecular complexity index is 589. The van der Waals surface area contributed by atoms with Crippen LogP contribution in [0.5, 0.6) is 5.75 Å². The molecule has 3 heterocycles. The van der Waals surface area contributed by atoms with Gasteiger partial charge in [-0.3, -0.25) is 14.6 Å². The monoisotopic (exact) mass is 301 g/mol. The van der Waals surface area contributed by atoms with Crippen molar-refractivity contribution >= 4 is 5.91 Å². The summed E-state index contributed by atoms with van der Waals surface area (Å²) in [6.45, 7) is 6.49. The summed E-state index contributed by atoms with van der Waals surface area (Å²) in [6.07, 6.45) is 1.02. The smallest absolute Gasteiger partial charge is 0.241 e. The van der Waals surface area contributed by atoms with Gasteiger partial charge in [-0.1, -0.05) is 12.1 Å². The minimum Gasteiger partial charge on any atom is -0.493 e. The standard InChI is InChI=1S/C17H23N3O2/c1-18-5-7-20-8-6-19(12-15(20)17(18)21)11-13-2-3-16-14(10-13)4-9-22-16/h2-3,10,15H,4-9,11-12H2,1H3/t15-/m1/s1. The number of ether oxygens (including phenoxy) is 1. The largest absolute Gasteiger partial charge is 0.493 e. The molecule has 118 valence electrons. The Morgan fingerprint density at radius 1 is 1.23 bits per heavy atom. The molecule has 0 saturated carbocycles. The van der Waals surface area contributed by atoms with Crippen molar-refractivity contribution in [3.05, 3.63) is 29.3 Å². The van der Waals surface area contributed by atoms with Crippen molar-refractivity contribution in [1.29, 1.82) is 0 Å². The molecule has 5 heteroatoms. The maximum absolute atomic E-state index is 12.4. The first-order valence-corrected chi connectivity index (χ1v) is 8.17. The van der Waals surface area contributed by atoms with Crippen LogP contribution in [-0.2, 0) is 17.8 Å². The van der Waals surface area contributed by atoms with Crippen LogP contribution in [0.2, 0.25) is 0 Å². The molecule has 1 amide bonds. The van der Waals surface area contributed by atoms with Gasteiger partial charge in [0, 0.05) is 52.7 Å². The Labute approximate surface area is 131 Å². The zero-order chi connectivity index (χ0) is 15.1. The fourth-order valence-corrected chi connectivity index (χ4v) is 3.76. The molecule has 22 heavy (non-hydrogen) atoms. The molecule has 3 aliphatic heterocycles. The van der Waals surface area contributed by atoms with Crippen molar-refractivity contribution in [3.63, 3.8) is 0 Å². The maximum Gasteiger partial charge on any atom is 0.241 e. The molecule has 1 atom stereocenters. The summed E-state index contributed by atoms with van der Waals surface area (Å²) >= 11 is 0. The molecule has 0 aliphatic carbocycles. The normalized spacial score (nSPS) is 25.8. The molecule has 0 unspecified atom stereocenters. The van der Waals surface area contributed by atoms with Crippen molar-refractivity contribution in [3.8, 4) is 5.75 Å². The number of carbonyl (C=O) groups is 1. The zero-order valence-corrected chi connectivity index (χ0v) is 13.1. The van der Waals surface area contributed by atoms with Crippen LogP contribution in [0, 0.1) is 0 Å². The number of rotatable bonds is 2. The summed E-state index contributed by atoms with van der Waals surface area (Å²) in [5.74, 6) is 1.32. The summed E-state index contributed by atoms with van der Waals surface area (Å²) < 4.78 is 5.57. The van der Waals surface area contributed by atoms with Gasteiger partial charge in [-0.05, 0) is 17.2 Å². The lowest BCUT2D eigenvalue weighted by Crippen LogP contribution is -2.63. The Morgan fingerprint density at radius 3 is 3.00 bits per heavy atom. The Balaban J connectivity index is 1.44. The molecule has 1 aromatic rings. The number of amides is 1. The van der Waals surface area contributed by atoms with Crippen LogP contribution in [0.4, 0.5) is 0 Å². The molecular weight excluding hydrogens is 278 g/mol. The summed E-state index contributed by atoms with van der Waals surface area (Å²) in [7, 11) is 1.92. The third kappa shape index (κ3) is 2.48. The number of piperazine rings is 2. The molecule has 0 aromatic heterocycles. The highest BCUT2D eigenvalue weighted by Crippen LogP contribution is 2.27. The van der Waals surface area contributed by atoms with Crippen LogP contribution in [0.15, 0.2) is 18.2 Å². The third-order valence-corrected chi connectivity index (χ3v) is 5.12. The second-order valence-electron chi connectivity index (χ2n) is 6.59. The first-order valence-electron chi connectivity index (χ1n) is 8.17. The van der Waals surface area contributed by atoms with Gasteiger partial charge >= 0.3 is 0 Å². The van der Waals surface area contributed by atoms with Gasteiger partial charge in [-0.15, -0.1) is 0 Å². The number of fused-ring (bicyclic) bond motifs is 2. The van der Waals surface area contributed by atoms with Gasteiger partial charge < -0.3 is 9.64 Å². The minimum absolute atomic E-state index is 0.0465. The Kier molecular flexibility index (Phi) is 3.54. The number of likely N-dealkylation sites (N-methyl/N-ethyl adjacent to an activating group) is 1. The highest BCUT2D eigenvalue weighted by Gasteiger charge is 2.37. The van der Waals surface area contributed by atoms with E-state index in [2.05, 4.69) is 28.0 Å². The number of hydrogen-bond donors (Lipinski definition) is 0. The fraction of sp³-hybridized carbons (Fsp3) is 0.588. The predicted octanol–water partition coefficient (Wildman–Crippen LogP) is 0.580. The van der Waals surface area contributed by atoms with Gasteiger partial charge in [0.2, 0.25) is 5.91 Å². The zero-order valence-electron chi connectivity index (χ0n) is 13.1. The summed E-state index contributed by atoms with van der Waals surface area (Å²) in [4.78, 5) is 19.0. The second-order valence-corrected chi connectivity index (χ2v) is 6.59. The second kappa shape index (κ2) is 5.56. The van der Waals surface area contributed by atoms with Crippen LogP contribution in [0.25, 0.3) is 0 Å². The number of nitrogens with zero attached hydrogens (tertiary/aromatic N) is 3. The van der Waals surface area contributed by atoms with Crippen molar-refractivity contribution in [2.45, 2.75) is 19.0 Å². The minimum atomic E-state index is 0.0465. The summed E-state index contributed by atoms with van der Waals surface area (Å²) in [5.41, 5.74) is 2.65. The lowest BCUT2D eigenvalue weighted by Gasteiger charge is -2.45. The lowest BCUT2D eigenvalue weighted by molar-refractivity contribution is -0.143. The van der Waals surface area contributed by atoms with Gasteiger partial charge in [-0.25, -0.2) is 0 Å². The Morgan fingerprint density at radius 2 is 2.09 bits per heavy atom. The maximum atomic E-state index is 12.4. The number of hydrogen-bond acceptors (Lipinski definition) is 4. The molecule has 1 aromatic carbocycles. The van der Waals surface area contributed by atoms with E-state index in [0.717, 1.165) is 58.0 Å². The molecule has 5 nitrogen and oxygen atoms in total. The van der Waals surface area contributed by atoms with Gasteiger partial charge in [-0.2, -0.15) is 0 Å². The third-order valence-electron chi connectivity index (χ3n) is 5.12. The molecular formula is C17H23N3O2. The van der Waals surface area contributed by atoms with E-state index in [4.69, 9.17) is 4.74 Å². The SMILES string of the molecule is CN1CCN2CCN(Cc3ccc4c(c3)CCO4)C[C@@H]2C1=O. The van der Waals surface area contributed by atoms with E-state index in [1.807, 2.05) is 11.9 Å². The molecule has 3 aliphatic rings. The quantitative estimate of drug-likeness (QED) is 0.801. The predicted molar refractivity (Wildman–Crippen MR) is 83.9 cm³/mol. The first kappa shape index (κ1) is 14.0. The van der Waals surface area contributed by atoms with Crippen molar-refractivity contribution < 1.29 is 9.53 Å². The van der Waals surface area contributed by atoms with E-state index >= 15 is 0 Å². The van der Waals surface area contributed by atoms with E-state index in [1.54, 1.807) is 0 Å². The molecule has 2 fully saturated rings. The van der Waals surface area contributed by atoms with E-state index in [1.165, 1.54) is 11.1 Å². The lowest BCUT2D eigenvalue weighted by atomic mass is 10.1. The summed E-state index contributed by atoms with van der Waals surface area (Å²) in [5, 5.41) is 0. The number of carbonyl (C=O) groups excluding carboxylic acids is 1. The molecule has 4 rings (SSSR count). The van der Waals surface area contributed by atoms with Gasteiger partial charge in [0.25, 0.3) is 0 Å². The molecule has 2 saturated heterocycles. The molecule has 0 bridgehead atoms. The van der Waals surface area contributed by atoms with Gasteiger partial charge in [0.15, 0.2) is 0 Å². The average molecular weight is 301 g/mol. The van der Waals surface area contributed by atoms with Crippen molar-refractivity contribution in [1.82, 2.24) is 14.7 Å². The van der Waals surface area contributed by atoms with Crippen LogP contribution in [0.1, 0.15) is 11.1 Å². The first-order chi connectivity index (χ1) is 10.7. The average Bonchev–Trinajstić information content (AvgIpc) is 2.99. The highest BCUT2D eigenvalue weighted by molar-refractivity contribution is 5.82. The van der Waals surface area contributed by atoms with E-state index in [9.17, 15) is 4.79 Å². The fourth-order valence-electron chi connectivity index (χ4n) is 3.76. The van der Waals surface area contributed by atoms with E-state index in [0.29, 0.717) is 0 Å². The van der Waals surface area contributed by atoms with Gasteiger partial charge in [0.05, 0.1) is 6.61 Å². The summed E-state index contributed by atoms with van der Waals surface area (Å²) in [6, 6.07) is 6.56. The molecule has 0 spiro atoms. The van der Waals surface area contributed by atoms with Crippen molar-refractivity contribution in [2.24, 2.45) is 0 Å². The molecule has 0 N–H and O–H groups in total. The van der Waals surface area contributed by atoms with Crippen LogP contribution in [-0.4, -0.2) is 73.0 Å². The highest BCUT2D eigenvalue weighted by atomic mass is 16.5. The van der Waals surface area contributed by atoms with Crippen LogP contribution in [0.3, 0.4) is 0 Å². The number of benzene rings is 1. The Hall–Kier alpha value is -1.59. The van der Waals surface area contributed by atoms with Gasteiger partial charge in [0.1, 0.15) is 11.8 Å². The van der Waals surface area contributed by atoms with E-state index < -0.39 is 0 Å². The van der Waals surface area contributed by atoms with Crippen LogP contribution >= 0.6 is 0 Å². The van der Waals surface area contributed by atoms with Crippen molar-refractivity contribution in [2.75, 3.05) is 46.4 Å². The molecule has 0 radical (unpaired) electrons. The van der Waals surface area contributed by atoms with E-state index in [-0.39, 0.29) is 11.9 Å². The topological polar surface area (TPSA) is 36.0 Å².